The van der Waals surface area contributed by atoms with E-state index < -0.39 is 0 Å². The zero-order valence-electron chi connectivity index (χ0n) is 18.0. The maximum Gasteiger partial charge on any atom is 2.00 e. The Kier molecular flexibility index (Phi) is 48.8. The van der Waals surface area contributed by atoms with Crippen molar-refractivity contribution >= 4 is 18.9 Å². The Balaban J connectivity index is -0.000000173. The van der Waals surface area contributed by atoms with E-state index in [0.717, 1.165) is 65.0 Å². The average molecular weight is 417 g/mol. The minimum Gasteiger partial charge on any atom is -0.356 e. The van der Waals surface area contributed by atoms with Gasteiger partial charge in [-0.05, 0) is 12.8 Å². The van der Waals surface area contributed by atoms with Crippen LogP contribution < -0.4 is 0 Å². The largest absolute Gasteiger partial charge is 2.00 e. The molecule has 0 atom stereocenters. The predicted octanol–water partition coefficient (Wildman–Crippen LogP) is 5.18. The van der Waals surface area contributed by atoms with Crippen LogP contribution in [-0.4, -0.2) is 58.9 Å². The van der Waals surface area contributed by atoms with Gasteiger partial charge in [0, 0.05) is 45.3 Å². The molecule has 0 saturated heterocycles. The first-order chi connectivity index (χ1) is 11.8. The van der Waals surface area contributed by atoms with Gasteiger partial charge in [0.05, 0.1) is 0 Å². The Hall–Kier alpha value is 0.957. The molecule has 0 heterocycles. The molecular formula is C20H42CuLiO4. The standard InChI is InChI=1S/2C10H21O2.Cu.Li/c2*1-3-5-7-9-12-10-11-8-6-4-2;;/h2*3H,4-10H2,1-2H3;;/q2*-1;+2;. The molecule has 26 heavy (non-hydrogen) atoms. The summed E-state index contributed by atoms with van der Waals surface area (Å²) in [5.41, 5.74) is 0. The zero-order chi connectivity index (χ0) is 18.1. The SMILES string of the molecule is C[CH-]CCCOCOCCCC.C[CH-]CCCOCOCCCC.[Cu+2].[Li]. The first kappa shape index (κ1) is 34.5. The summed E-state index contributed by atoms with van der Waals surface area (Å²) in [7, 11) is 0. The molecule has 0 aromatic carbocycles. The second-order valence-electron chi connectivity index (χ2n) is 5.68. The number of unbranched alkanes of at least 4 members (excludes halogenated alkanes) is 6. The van der Waals surface area contributed by atoms with Crippen molar-refractivity contribution in [3.05, 3.63) is 12.8 Å². The maximum atomic E-state index is 5.24. The van der Waals surface area contributed by atoms with Gasteiger partial charge in [-0.3, -0.25) is 0 Å². The molecule has 6 heteroatoms. The third kappa shape index (κ3) is 39.9. The van der Waals surface area contributed by atoms with Gasteiger partial charge in [0.1, 0.15) is 13.6 Å². The summed E-state index contributed by atoms with van der Waals surface area (Å²) in [4.78, 5) is 0. The Morgan fingerprint density at radius 3 is 1.15 bits per heavy atom. The summed E-state index contributed by atoms with van der Waals surface area (Å²) in [6, 6.07) is 0. The second kappa shape index (κ2) is 36.8. The Bertz CT molecular complexity index is 161. The molecule has 0 aromatic heterocycles. The molecule has 0 aliphatic rings. The molecule has 0 rings (SSSR count). The summed E-state index contributed by atoms with van der Waals surface area (Å²) < 4.78 is 20.9. The fourth-order valence-corrected chi connectivity index (χ4v) is 1.63. The van der Waals surface area contributed by atoms with Gasteiger partial charge in [-0.25, -0.2) is 0 Å². The minimum atomic E-state index is 0. The van der Waals surface area contributed by atoms with Gasteiger partial charge in [-0.15, -0.1) is 0 Å². The van der Waals surface area contributed by atoms with Gasteiger partial charge >= 0.3 is 17.1 Å². The minimum absolute atomic E-state index is 0. The molecule has 0 bridgehead atoms. The van der Waals surface area contributed by atoms with Crippen LogP contribution in [0, 0.1) is 12.8 Å². The van der Waals surface area contributed by atoms with Gasteiger partial charge in [-0.2, -0.15) is 26.7 Å². The van der Waals surface area contributed by atoms with Crippen molar-refractivity contribution in [1.82, 2.24) is 0 Å². The fourth-order valence-electron chi connectivity index (χ4n) is 1.63. The van der Waals surface area contributed by atoms with Gasteiger partial charge < -0.3 is 31.8 Å². The molecule has 0 N–H and O–H groups in total. The normalized spacial score (nSPS) is 9.69. The summed E-state index contributed by atoms with van der Waals surface area (Å²) in [5, 5.41) is 0. The number of rotatable bonds is 18. The molecule has 0 saturated carbocycles. The molecule has 2 radical (unpaired) electrons. The smallest absolute Gasteiger partial charge is 0.356 e. The predicted molar refractivity (Wildman–Crippen MR) is 108 cm³/mol. The zero-order valence-corrected chi connectivity index (χ0v) is 18.9. The van der Waals surface area contributed by atoms with Gasteiger partial charge in [-0.1, -0.05) is 39.5 Å². The molecule has 0 spiro atoms. The molecule has 0 aliphatic carbocycles. The quantitative estimate of drug-likeness (QED) is 0.133. The van der Waals surface area contributed by atoms with Crippen molar-refractivity contribution in [3.63, 3.8) is 0 Å². The van der Waals surface area contributed by atoms with Crippen molar-refractivity contribution < 1.29 is 36.0 Å². The monoisotopic (exact) mass is 416 g/mol. The van der Waals surface area contributed by atoms with E-state index in [1.54, 1.807) is 0 Å². The maximum absolute atomic E-state index is 5.24. The van der Waals surface area contributed by atoms with Crippen LogP contribution in [0.4, 0.5) is 0 Å². The van der Waals surface area contributed by atoms with E-state index in [-0.39, 0.29) is 35.9 Å². The van der Waals surface area contributed by atoms with E-state index in [0.29, 0.717) is 13.6 Å². The van der Waals surface area contributed by atoms with Crippen molar-refractivity contribution in [1.29, 1.82) is 0 Å². The van der Waals surface area contributed by atoms with Gasteiger partial charge in [0.25, 0.3) is 0 Å². The number of hydrogen-bond acceptors (Lipinski definition) is 4. The van der Waals surface area contributed by atoms with Crippen LogP contribution in [-0.2, 0) is 36.0 Å². The van der Waals surface area contributed by atoms with Crippen LogP contribution in [0.2, 0.25) is 0 Å². The molecule has 158 valence electrons. The summed E-state index contributed by atoms with van der Waals surface area (Å²) >= 11 is 0. The molecule has 0 amide bonds. The van der Waals surface area contributed by atoms with Crippen LogP contribution in [0.5, 0.6) is 0 Å². The first-order valence-corrected chi connectivity index (χ1v) is 9.69. The molecule has 4 nitrogen and oxygen atoms in total. The third-order valence-corrected chi connectivity index (χ3v) is 3.18. The summed E-state index contributed by atoms with van der Waals surface area (Å²) in [5.74, 6) is 0. The summed E-state index contributed by atoms with van der Waals surface area (Å²) in [6.45, 7) is 12.7. The van der Waals surface area contributed by atoms with Gasteiger partial charge in [0.2, 0.25) is 0 Å². The first-order valence-electron chi connectivity index (χ1n) is 9.69. The van der Waals surface area contributed by atoms with Crippen LogP contribution in [0.1, 0.15) is 79.1 Å². The van der Waals surface area contributed by atoms with Gasteiger partial charge in [0.15, 0.2) is 0 Å². The van der Waals surface area contributed by atoms with Crippen LogP contribution in [0.25, 0.3) is 0 Å². The van der Waals surface area contributed by atoms with E-state index >= 15 is 0 Å². The average Bonchev–Trinajstić information content (AvgIpc) is 2.60. The molecular weight excluding hydrogens is 375 g/mol. The van der Waals surface area contributed by atoms with E-state index in [1.165, 1.54) is 12.8 Å². The van der Waals surface area contributed by atoms with Crippen LogP contribution >= 0.6 is 0 Å². The van der Waals surface area contributed by atoms with E-state index in [4.69, 9.17) is 18.9 Å². The third-order valence-electron chi connectivity index (χ3n) is 3.18. The van der Waals surface area contributed by atoms with Crippen LogP contribution in [0.3, 0.4) is 0 Å². The van der Waals surface area contributed by atoms with Crippen molar-refractivity contribution in [2.24, 2.45) is 0 Å². The van der Waals surface area contributed by atoms with Crippen LogP contribution in [0.15, 0.2) is 0 Å². The Morgan fingerprint density at radius 1 is 0.577 bits per heavy atom. The molecule has 0 fully saturated rings. The van der Waals surface area contributed by atoms with E-state index in [1.807, 2.05) is 0 Å². The van der Waals surface area contributed by atoms with Crippen molar-refractivity contribution in [2.45, 2.75) is 79.1 Å². The summed E-state index contributed by atoms with van der Waals surface area (Å²) in [6.07, 6.45) is 13.4. The molecule has 0 aliphatic heterocycles. The topological polar surface area (TPSA) is 36.9 Å². The number of ether oxygens (including phenoxy) is 4. The molecule has 0 unspecified atom stereocenters. The molecule has 0 aromatic rings. The van der Waals surface area contributed by atoms with Crippen molar-refractivity contribution in [2.75, 3.05) is 40.0 Å². The van der Waals surface area contributed by atoms with E-state index in [2.05, 4.69) is 40.5 Å². The number of hydrogen-bond donors (Lipinski definition) is 0. The van der Waals surface area contributed by atoms with E-state index in [9.17, 15) is 0 Å². The van der Waals surface area contributed by atoms with Crippen molar-refractivity contribution in [3.8, 4) is 0 Å². The Labute approximate surface area is 186 Å². The fraction of sp³-hybridized carbons (Fsp3) is 0.900. The second-order valence-corrected chi connectivity index (χ2v) is 5.68. The Morgan fingerprint density at radius 2 is 0.885 bits per heavy atom.